The second-order valence-electron chi connectivity index (χ2n) is 5.86. The van der Waals surface area contributed by atoms with Crippen molar-refractivity contribution in [1.82, 2.24) is 0 Å². The molecule has 0 fully saturated rings. The summed E-state index contributed by atoms with van der Waals surface area (Å²) < 4.78 is 21.0. The molecule has 28 heavy (non-hydrogen) atoms. The Kier molecular flexibility index (Phi) is 4.83. The molecular formula is C20H16N2O6. The van der Waals surface area contributed by atoms with Gasteiger partial charge in [0.1, 0.15) is 5.75 Å². The van der Waals surface area contributed by atoms with Crippen molar-refractivity contribution in [1.29, 1.82) is 0 Å². The van der Waals surface area contributed by atoms with E-state index < -0.39 is 0 Å². The minimum absolute atomic E-state index is 0.160. The predicted octanol–water partition coefficient (Wildman–Crippen LogP) is 3.28. The molecule has 0 saturated heterocycles. The van der Waals surface area contributed by atoms with Crippen LogP contribution >= 0.6 is 0 Å². The summed E-state index contributed by atoms with van der Waals surface area (Å²) in [5, 5.41) is 5.43. The number of amides is 2. The third-order valence-corrected chi connectivity index (χ3v) is 3.88. The average molecular weight is 380 g/mol. The lowest BCUT2D eigenvalue weighted by atomic mass is 10.3. The van der Waals surface area contributed by atoms with Gasteiger partial charge in [-0.3, -0.25) is 9.59 Å². The van der Waals surface area contributed by atoms with Gasteiger partial charge in [-0.1, -0.05) is 0 Å². The Morgan fingerprint density at radius 1 is 0.929 bits per heavy atom. The first-order valence-corrected chi connectivity index (χ1v) is 8.44. The Balaban J connectivity index is 1.27. The second-order valence-corrected chi connectivity index (χ2v) is 5.86. The van der Waals surface area contributed by atoms with E-state index in [4.69, 9.17) is 18.6 Å². The molecule has 2 aromatic carbocycles. The monoisotopic (exact) mass is 380 g/mol. The summed E-state index contributed by atoms with van der Waals surface area (Å²) in [5.41, 5.74) is 1.17. The van der Waals surface area contributed by atoms with Gasteiger partial charge in [0.2, 0.25) is 6.79 Å². The third-order valence-electron chi connectivity index (χ3n) is 3.88. The van der Waals surface area contributed by atoms with E-state index in [1.807, 2.05) is 0 Å². The third kappa shape index (κ3) is 4.07. The summed E-state index contributed by atoms with van der Waals surface area (Å²) in [5.74, 6) is 1.30. The molecule has 142 valence electrons. The Bertz CT molecular complexity index is 982. The normalized spacial score (nSPS) is 11.7. The van der Waals surface area contributed by atoms with Crippen molar-refractivity contribution in [3.8, 4) is 17.2 Å². The summed E-state index contributed by atoms with van der Waals surface area (Å²) in [7, 11) is 0. The van der Waals surface area contributed by atoms with Gasteiger partial charge in [0, 0.05) is 17.4 Å². The summed E-state index contributed by atoms with van der Waals surface area (Å²) >= 11 is 0. The highest BCUT2D eigenvalue weighted by Gasteiger charge is 2.14. The van der Waals surface area contributed by atoms with Crippen molar-refractivity contribution in [3.63, 3.8) is 0 Å². The van der Waals surface area contributed by atoms with Crippen LogP contribution in [0.3, 0.4) is 0 Å². The smallest absolute Gasteiger partial charge is 0.291 e. The number of rotatable bonds is 6. The SMILES string of the molecule is O=C(COc1ccc(NC(=O)c2ccco2)cc1)Nc1ccc2c(c1)OCO2. The Hall–Kier alpha value is -3.94. The summed E-state index contributed by atoms with van der Waals surface area (Å²) in [6.45, 7) is 0.0142. The summed E-state index contributed by atoms with van der Waals surface area (Å²) in [6.07, 6.45) is 1.43. The number of carbonyl (C=O) groups excluding carboxylic acids is 2. The molecule has 0 radical (unpaired) electrons. The highest BCUT2D eigenvalue weighted by molar-refractivity contribution is 6.02. The van der Waals surface area contributed by atoms with Crippen molar-refractivity contribution in [2.75, 3.05) is 24.0 Å². The topological polar surface area (TPSA) is 99.0 Å². The van der Waals surface area contributed by atoms with Crippen molar-refractivity contribution >= 4 is 23.2 Å². The zero-order valence-corrected chi connectivity index (χ0v) is 14.6. The van der Waals surface area contributed by atoms with Crippen LogP contribution in [0.1, 0.15) is 10.6 Å². The number of furan rings is 1. The molecule has 2 amide bonds. The first-order valence-electron chi connectivity index (χ1n) is 8.44. The fourth-order valence-corrected chi connectivity index (χ4v) is 2.56. The van der Waals surface area contributed by atoms with Gasteiger partial charge in [-0.2, -0.15) is 0 Å². The van der Waals surface area contributed by atoms with Gasteiger partial charge < -0.3 is 29.3 Å². The minimum Gasteiger partial charge on any atom is -0.484 e. The second kappa shape index (κ2) is 7.75. The van der Waals surface area contributed by atoms with Gasteiger partial charge in [0.05, 0.1) is 6.26 Å². The van der Waals surface area contributed by atoms with E-state index in [9.17, 15) is 9.59 Å². The zero-order valence-electron chi connectivity index (χ0n) is 14.6. The molecule has 1 aliphatic rings. The minimum atomic E-state index is -0.346. The van der Waals surface area contributed by atoms with Crippen LogP contribution in [0.4, 0.5) is 11.4 Å². The van der Waals surface area contributed by atoms with E-state index in [2.05, 4.69) is 10.6 Å². The van der Waals surface area contributed by atoms with Crippen LogP contribution < -0.4 is 24.8 Å². The maximum Gasteiger partial charge on any atom is 0.291 e. The molecule has 0 aliphatic carbocycles. The highest BCUT2D eigenvalue weighted by Crippen LogP contribution is 2.34. The van der Waals surface area contributed by atoms with Crippen molar-refractivity contribution in [3.05, 3.63) is 66.6 Å². The molecule has 0 bridgehead atoms. The first kappa shape index (κ1) is 17.5. The van der Waals surface area contributed by atoms with Gasteiger partial charge in [-0.05, 0) is 48.5 Å². The van der Waals surface area contributed by atoms with Crippen LogP contribution in [0.15, 0.2) is 65.3 Å². The molecular weight excluding hydrogens is 364 g/mol. The standard InChI is InChI=1S/C20H16N2O6/c23-19(21-14-5-8-16-18(10-14)28-12-27-16)11-26-15-6-3-13(4-7-15)22-20(24)17-2-1-9-25-17/h1-10H,11-12H2,(H,21,23)(H,22,24). The number of hydrogen-bond acceptors (Lipinski definition) is 6. The largest absolute Gasteiger partial charge is 0.484 e. The van der Waals surface area contributed by atoms with Crippen LogP contribution in [-0.2, 0) is 4.79 Å². The molecule has 3 aromatic rings. The highest BCUT2D eigenvalue weighted by atomic mass is 16.7. The fraction of sp³-hybridized carbons (Fsp3) is 0.100. The average Bonchev–Trinajstić information content (AvgIpc) is 3.39. The van der Waals surface area contributed by atoms with Crippen LogP contribution in [-0.4, -0.2) is 25.2 Å². The molecule has 0 spiro atoms. The molecule has 8 nitrogen and oxygen atoms in total. The molecule has 1 aliphatic heterocycles. The molecule has 4 rings (SSSR count). The van der Waals surface area contributed by atoms with Gasteiger partial charge in [-0.15, -0.1) is 0 Å². The lowest BCUT2D eigenvalue weighted by Gasteiger charge is -2.09. The van der Waals surface area contributed by atoms with Crippen LogP contribution in [0, 0.1) is 0 Å². The van der Waals surface area contributed by atoms with E-state index in [0.717, 1.165) is 0 Å². The Labute approximate surface area is 160 Å². The van der Waals surface area contributed by atoms with Crippen LogP contribution in [0.25, 0.3) is 0 Å². The van der Waals surface area contributed by atoms with E-state index >= 15 is 0 Å². The van der Waals surface area contributed by atoms with E-state index in [1.54, 1.807) is 54.6 Å². The van der Waals surface area contributed by atoms with E-state index in [1.165, 1.54) is 6.26 Å². The Morgan fingerprint density at radius 2 is 1.71 bits per heavy atom. The van der Waals surface area contributed by atoms with Gasteiger partial charge in [0.15, 0.2) is 23.9 Å². The maximum atomic E-state index is 12.1. The van der Waals surface area contributed by atoms with Gasteiger partial charge in [-0.25, -0.2) is 0 Å². The summed E-state index contributed by atoms with van der Waals surface area (Å²) in [4.78, 5) is 24.0. The number of fused-ring (bicyclic) bond motifs is 1. The molecule has 1 aromatic heterocycles. The number of carbonyl (C=O) groups is 2. The number of benzene rings is 2. The fourth-order valence-electron chi connectivity index (χ4n) is 2.56. The van der Waals surface area contributed by atoms with Gasteiger partial charge in [0.25, 0.3) is 11.8 Å². The van der Waals surface area contributed by atoms with E-state index in [-0.39, 0.29) is 31.0 Å². The quantitative estimate of drug-likeness (QED) is 0.681. The molecule has 2 N–H and O–H groups in total. The summed E-state index contributed by atoms with van der Waals surface area (Å²) in [6, 6.07) is 15.0. The molecule has 0 atom stereocenters. The first-order chi connectivity index (χ1) is 13.7. The van der Waals surface area contributed by atoms with Crippen LogP contribution in [0.5, 0.6) is 17.2 Å². The number of ether oxygens (including phenoxy) is 3. The molecule has 0 unspecified atom stereocenters. The number of hydrogen-bond donors (Lipinski definition) is 2. The predicted molar refractivity (Wildman–Crippen MR) is 99.8 cm³/mol. The van der Waals surface area contributed by atoms with Gasteiger partial charge >= 0.3 is 0 Å². The number of nitrogens with one attached hydrogen (secondary N) is 2. The lowest BCUT2D eigenvalue weighted by molar-refractivity contribution is -0.118. The Morgan fingerprint density at radius 3 is 2.50 bits per heavy atom. The van der Waals surface area contributed by atoms with Crippen molar-refractivity contribution < 1.29 is 28.2 Å². The van der Waals surface area contributed by atoms with E-state index in [0.29, 0.717) is 28.6 Å². The molecule has 2 heterocycles. The zero-order chi connectivity index (χ0) is 19.3. The molecule has 0 saturated carbocycles. The number of anilines is 2. The lowest BCUT2D eigenvalue weighted by Crippen LogP contribution is -2.20. The van der Waals surface area contributed by atoms with Crippen molar-refractivity contribution in [2.24, 2.45) is 0 Å². The molecule has 8 heteroatoms. The maximum absolute atomic E-state index is 12.1. The van der Waals surface area contributed by atoms with Crippen molar-refractivity contribution in [2.45, 2.75) is 0 Å². The van der Waals surface area contributed by atoms with Crippen LogP contribution in [0.2, 0.25) is 0 Å².